The van der Waals surface area contributed by atoms with Gasteiger partial charge < -0.3 is 4.98 Å². The summed E-state index contributed by atoms with van der Waals surface area (Å²) in [4.78, 5) is 12.4. The van der Waals surface area contributed by atoms with Crippen LogP contribution in [-0.4, -0.2) is 16.7 Å². The van der Waals surface area contributed by atoms with Gasteiger partial charge in [0.25, 0.3) is 0 Å². The second kappa shape index (κ2) is 3.93. The fourth-order valence-electron chi connectivity index (χ4n) is 1.88. The van der Waals surface area contributed by atoms with Gasteiger partial charge in [0.15, 0.2) is 0 Å². The predicted octanol–water partition coefficient (Wildman–Crippen LogP) is 3.25. The molecule has 0 unspecified atom stereocenters. The second-order valence-corrected chi connectivity index (χ2v) is 5.44. The predicted molar refractivity (Wildman–Crippen MR) is 67.6 cm³/mol. The minimum absolute atomic E-state index is 0.300. The van der Waals surface area contributed by atoms with Crippen molar-refractivity contribution in [1.29, 1.82) is 0 Å². The Morgan fingerprint density at radius 2 is 2.00 bits per heavy atom. The third-order valence-electron chi connectivity index (χ3n) is 2.67. The van der Waals surface area contributed by atoms with E-state index >= 15 is 0 Å². The fourth-order valence-corrected chi connectivity index (χ4v) is 1.88. The Bertz CT molecular complexity index is 601. The lowest BCUT2D eigenvalue weighted by atomic mass is 10.2. The molecule has 1 aliphatic rings. The van der Waals surface area contributed by atoms with E-state index in [9.17, 15) is 4.48 Å². The number of hydrogen-bond donors (Lipinski definition) is 1. The van der Waals surface area contributed by atoms with Crippen molar-refractivity contribution in [3.05, 3.63) is 30.5 Å². The topological polar surface area (TPSA) is 53.3 Å². The van der Waals surface area contributed by atoms with Gasteiger partial charge in [-0.25, -0.2) is 0 Å². The highest BCUT2D eigenvalue weighted by Gasteiger charge is 2.61. The number of ether oxygens (including phenoxy) is 1. The van der Waals surface area contributed by atoms with E-state index in [0.717, 1.165) is 10.9 Å². The van der Waals surface area contributed by atoms with Crippen LogP contribution in [0.25, 0.3) is 10.9 Å². The zero-order valence-electron chi connectivity index (χ0n) is 10.9. The lowest BCUT2D eigenvalue weighted by molar-refractivity contribution is -0.157. The summed E-state index contributed by atoms with van der Waals surface area (Å²) >= 11 is 0. The highest BCUT2D eigenvalue weighted by molar-refractivity contribution is 5.83. The summed E-state index contributed by atoms with van der Waals surface area (Å²) < 4.78 is 19.8. The van der Waals surface area contributed by atoms with Gasteiger partial charge in [0.05, 0.1) is 11.3 Å². The molecule has 0 spiro atoms. The molecule has 1 aromatic heterocycles. The summed E-state index contributed by atoms with van der Waals surface area (Å²) in [5, 5.41) is 1.23. The van der Waals surface area contributed by atoms with E-state index in [1.165, 1.54) is 0 Å². The molecule has 1 saturated heterocycles. The van der Waals surface area contributed by atoms with Crippen LogP contribution >= 0.6 is 0 Å². The van der Waals surface area contributed by atoms with Crippen molar-refractivity contribution in [2.75, 3.05) is 5.12 Å². The Morgan fingerprint density at radius 1 is 1.26 bits per heavy atom. The molecule has 19 heavy (non-hydrogen) atoms. The molecule has 0 radical (unpaired) electrons. The van der Waals surface area contributed by atoms with Crippen LogP contribution in [0.3, 0.4) is 0 Å². The lowest BCUT2D eigenvalue weighted by Gasteiger charge is -2.25. The summed E-state index contributed by atoms with van der Waals surface area (Å²) in [5.74, 6) is 0. The van der Waals surface area contributed by atoms with E-state index in [-0.39, 0.29) is 0 Å². The molecule has 3 rings (SSSR count). The molecule has 0 bridgehead atoms. The van der Waals surface area contributed by atoms with Crippen LogP contribution in [0.4, 0.5) is 10.2 Å². The molecule has 1 aliphatic heterocycles. The molecule has 1 aromatic carbocycles. The molecule has 5 nitrogen and oxygen atoms in total. The minimum Gasteiger partial charge on any atom is -0.361 e. The first-order valence-electron chi connectivity index (χ1n) is 6.00. The molecule has 2 aromatic rings. The molecule has 0 saturated carbocycles. The average Bonchev–Trinajstić information content (AvgIpc) is 2.93. The lowest BCUT2D eigenvalue weighted by Crippen LogP contribution is -2.40. The number of aromatic amines is 1. The SMILES string of the molecule is CC(C)(C)OC1(N(F)c2ccc3[nH]ccc3c2)OO1. The Balaban J connectivity index is 1.88. The van der Waals surface area contributed by atoms with Crippen LogP contribution in [0.1, 0.15) is 20.8 Å². The third kappa shape index (κ3) is 2.30. The number of H-pyrrole nitrogens is 1. The smallest absolute Gasteiger partial charge is 0.361 e. The van der Waals surface area contributed by atoms with Gasteiger partial charge >= 0.3 is 6.10 Å². The van der Waals surface area contributed by atoms with E-state index in [0.29, 0.717) is 10.8 Å². The maximum atomic E-state index is 14.4. The average molecular weight is 266 g/mol. The van der Waals surface area contributed by atoms with E-state index in [4.69, 9.17) is 14.5 Å². The van der Waals surface area contributed by atoms with Gasteiger partial charge in [-0.05, 0) is 45.0 Å². The van der Waals surface area contributed by atoms with Gasteiger partial charge in [0, 0.05) is 17.1 Å². The molecule has 2 heterocycles. The highest BCUT2D eigenvalue weighted by atomic mass is 19.2. The molecule has 0 amide bonds. The Labute approximate surface area is 109 Å². The number of anilines is 1. The monoisotopic (exact) mass is 266 g/mol. The van der Waals surface area contributed by atoms with Gasteiger partial charge in [-0.3, -0.25) is 4.74 Å². The van der Waals surface area contributed by atoms with Gasteiger partial charge in [0.2, 0.25) is 0 Å². The van der Waals surface area contributed by atoms with Gasteiger partial charge in [-0.15, -0.1) is 14.9 Å². The maximum Gasteiger partial charge on any atom is 0.458 e. The first-order valence-corrected chi connectivity index (χ1v) is 6.00. The molecular formula is C13H15FN2O3. The quantitative estimate of drug-likeness (QED) is 0.401. The minimum atomic E-state index is -1.78. The number of benzene rings is 1. The van der Waals surface area contributed by atoms with Crippen molar-refractivity contribution in [3.8, 4) is 0 Å². The van der Waals surface area contributed by atoms with Crippen molar-refractivity contribution in [1.82, 2.24) is 4.98 Å². The number of fused-ring (bicyclic) bond motifs is 1. The molecular weight excluding hydrogens is 251 g/mol. The van der Waals surface area contributed by atoms with Gasteiger partial charge in [0.1, 0.15) is 0 Å². The summed E-state index contributed by atoms with van der Waals surface area (Å²) in [6.45, 7) is 5.38. The molecule has 102 valence electrons. The fraction of sp³-hybridized carbons (Fsp3) is 0.385. The largest absolute Gasteiger partial charge is 0.458 e. The second-order valence-electron chi connectivity index (χ2n) is 5.44. The van der Waals surface area contributed by atoms with E-state index in [1.54, 1.807) is 45.2 Å². The van der Waals surface area contributed by atoms with E-state index in [2.05, 4.69) is 4.98 Å². The molecule has 1 fully saturated rings. The number of nitrogens with one attached hydrogen (secondary N) is 1. The van der Waals surface area contributed by atoms with Crippen LogP contribution in [0.5, 0.6) is 0 Å². The normalized spacial score (nSPS) is 17.7. The summed E-state index contributed by atoms with van der Waals surface area (Å²) in [5.41, 5.74) is 0.633. The maximum absolute atomic E-state index is 14.4. The summed E-state index contributed by atoms with van der Waals surface area (Å²) in [6, 6.07) is 6.95. The zero-order valence-corrected chi connectivity index (χ0v) is 10.9. The van der Waals surface area contributed by atoms with Gasteiger partial charge in [-0.1, -0.05) is 4.48 Å². The molecule has 0 atom stereocenters. The van der Waals surface area contributed by atoms with Crippen LogP contribution in [0, 0.1) is 0 Å². The Morgan fingerprint density at radius 3 is 2.63 bits per heavy atom. The third-order valence-corrected chi connectivity index (χ3v) is 2.67. The van der Waals surface area contributed by atoms with Crippen LogP contribution in [-0.2, 0) is 14.5 Å². The molecule has 1 N–H and O–H groups in total. The Hall–Kier alpha value is -1.63. The van der Waals surface area contributed by atoms with Crippen molar-refractivity contribution in [3.63, 3.8) is 0 Å². The zero-order chi connectivity index (χ0) is 13.7. The highest BCUT2D eigenvalue weighted by Crippen LogP contribution is 2.42. The van der Waals surface area contributed by atoms with Crippen molar-refractivity contribution in [2.45, 2.75) is 32.5 Å². The van der Waals surface area contributed by atoms with E-state index < -0.39 is 11.7 Å². The molecule has 6 heteroatoms. The standard InChI is InChI=1S/C13H15FN2O3/c1-12(2,3)17-13(18-19-13)16(14)10-4-5-11-9(8-10)6-7-15-11/h4-8,15H,1-3H3. The van der Waals surface area contributed by atoms with Gasteiger partial charge in [-0.2, -0.15) is 0 Å². The number of rotatable bonds is 3. The van der Waals surface area contributed by atoms with Crippen LogP contribution < -0.4 is 5.12 Å². The van der Waals surface area contributed by atoms with Crippen molar-refractivity contribution < 1.29 is 19.0 Å². The number of hydrogen-bond acceptors (Lipinski definition) is 4. The first-order chi connectivity index (χ1) is 8.90. The summed E-state index contributed by atoms with van der Waals surface area (Å²) in [7, 11) is 0. The van der Waals surface area contributed by atoms with Crippen molar-refractivity contribution in [2.24, 2.45) is 0 Å². The number of nitrogens with zero attached hydrogens (tertiary/aromatic N) is 1. The number of aromatic nitrogens is 1. The van der Waals surface area contributed by atoms with Crippen LogP contribution in [0.2, 0.25) is 0 Å². The number of halogens is 1. The summed E-state index contributed by atoms with van der Waals surface area (Å²) in [6.07, 6.45) is 0.0186. The van der Waals surface area contributed by atoms with Crippen LogP contribution in [0.15, 0.2) is 30.5 Å². The first kappa shape index (κ1) is 12.4. The molecule has 0 aliphatic carbocycles. The van der Waals surface area contributed by atoms with E-state index in [1.807, 2.05) is 6.07 Å². The van der Waals surface area contributed by atoms with Crippen molar-refractivity contribution >= 4 is 16.6 Å². The Kier molecular flexibility index (Phi) is 2.57.